The van der Waals surface area contributed by atoms with Gasteiger partial charge in [0.2, 0.25) is 0 Å². The highest BCUT2D eigenvalue weighted by Gasteiger charge is 2.27. The monoisotopic (exact) mass is 311 g/mol. The van der Waals surface area contributed by atoms with Crippen LogP contribution in [0.2, 0.25) is 5.02 Å². The lowest BCUT2D eigenvalue weighted by molar-refractivity contribution is -0.384. The first kappa shape index (κ1) is 15.7. The van der Waals surface area contributed by atoms with Gasteiger partial charge < -0.3 is 0 Å². The fraction of sp³-hybridized carbons (Fsp3) is 0.500. The number of carbonyl (C=O) groups excluding carboxylic acids is 1. The molecule has 2 unspecified atom stereocenters. The van der Waals surface area contributed by atoms with E-state index in [9.17, 15) is 14.9 Å². The van der Waals surface area contributed by atoms with E-state index in [2.05, 4.69) is 19.3 Å². The molecule has 1 aliphatic rings. The Morgan fingerprint density at radius 1 is 1.38 bits per heavy atom. The second-order valence-corrected chi connectivity index (χ2v) is 5.81. The number of hydrazine groups is 1. The highest BCUT2D eigenvalue weighted by atomic mass is 35.5. The highest BCUT2D eigenvalue weighted by Crippen LogP contribution is 2.24. The molecule has 2 rings (SSSR count). The van der Waals surface area contributed by atoms with Crippen molar-refractivity contribution in [2.45, 2.75) is 45.2 Å². The molecule has 0 aliphatic carbocycles. The summed E-state index contributed by atoms with van der Waals surface area (Å²) in [6.45, 7) is 4.13. The standard InChI is InChI=1S/C14H18ClN3O3/c1-9-4-3-5-10(2)17(9)16-14(19)12-7-6-11(18(20)21)8-13(12)15/h6-10H,3-5H2,1-2H3,(H,16,19). The maximum atomic E-state index is 12.3. The van der Waals surface area contributed by atoms with Crippen LogP contribution in [0.25, 0.3) is 0 Å². The van der Waals surface area contributed by atoms with E-state index in [1.807, 2.05) is 5.01 Å². The number of halogens is 1. The van der Waals surface area contributed by atoms with Gasteiger partial charge in [0.05, 0.1) is 15.5 Å². The number of nitro benzene ring substituents is 1. The number of nitrogens with one attached hydrogen (secondary N) is 1. The van der Waals surface area contributed by atoms with Crippen LogP contribution in [0.15, 0.2) is 18.2 Å². The Hall–Kier alpha value is -1.66. The Morgan fingerprint density at radius 2 is 2.00 bits per heavy atom. The summed E-state index contributed by atoms with van der Waals surface area (Å²) in [5.41, 5.74) is 2.98. The minimum Gasteiger partial charge on any atom is -0.284 e. The number of rotatable bonds is 3. The van der Waals surface area contributed by atoms with E-state index in [-0.39, 0.29) is 34.3 Å². The predicted molar refractivity (Wildman–Crippen MR) is 80.2 cm³/mol. The average Bonchev–Trinajstić information content (AvgIpc) is 2.42. The van der Waals surface area contributed by atoms with Crippen molar-refractivity contribution in [3.63, 3.8) is 0 Å². The van der Waals surface area contributed by atoms with Gasteiger partial charge >= 0.3 is 0 Å². The third-order valence-corrected chi connectivity index (χ3v) is 4.14. The van der Waals surface area contributed by atoms with Crippen LogP contribution in [0.1, 0.15) is 43.5 Å². The van der Waals surface area contributed by atoms with Crippen LogP contribution >= 0.6 is 11.6 Å². The van der Waals surface area contributed by atoms with Gasteiger partial charge in [0.15, 0.2) is 0 Å². The molecule has 1 aromatic carbocycles. The van der Waals surface area contributed by atoms with Gasteiger partial charge in [-0.25, -0.2) is 5.01 Å². The molecule has 1 saturated heterocycles. The third kappa shape index (κ3) is 3.51. The first-order valence-electron chi connectivity index (χ1n) is 6.93. The van der Waals surface area contributed by atoms with E-state index in [1.165, 1.54) is 18.2 Å². The number of hydrogen-bond donors (Lipinski definition) is 1. The van der Waals surface area contributed by atoms with Crippen molar-refractivity contribution in [1.82, 2.24) is 10.4 Å². The summed E-state index contributed by atoms with van der Waals surface area (Å²) in [4.78, 5) is 22.4. The van der Waals surface area contributed by atoms with Gasteiger partial charge in [-0.2, -0.15) is 0 Å². The molecule has 2 atom stereocenters. The fourth-order valence-corrected chi connectivity index (χ4v) is 2.88. The van der Waals surface area contributed by atoms with Gasteiger partial charge in [-0.3, -0.25) is 20.3 Å². The minimum atomic E-state index is -0.539. The van der Waals surface area contributed by atoms with Crippen LogP contribution in [0.3, 0.4) is 0 Å². The molecular formula is C14H18ClN3O3. The lowest BCUT2D eigenvalue weighted by Gasteiger charge is -2.38. The molecule has 1 aliphatic heterocycles. The number of benzene rings is 1. The molecule has 1 fully saturated rings. The fourth-order valence-electron chi connectivity index (χ4n) is 2.62. The zero-order valence-corrected chi connectivity index (χ0v) is 12.8. The lowest BCUT2D eigenvalue weighted by atomic mass is 10.00. The molecular weight excluding hydrogens is 294 g/mol. The second kappa shape index (κ2) is 6.41. The Kier molecular flexibility index (Phi) is 4.80. The van der Waals surface area contributed by atoms with Crippen LogP contribution in [-0.4, -0.2) is 27.9 Å². The van der Waals surface area contributed by atoms with E-state index in [1.54, 1.807) is 0 Å². The zero-order valence-electron chi connectivity index (χ0n) is 12.0. The minimum absolute atomic E-state index is 0.0824. The molecule has 21 heavy (non-hydrogen) atoms. The summed E-state index contributed by atoms with van der Waals surface area (Å²) < 4.78 is 0. The number of non-ortho nitro benzene ring substituents is 1. The van der Waals surface area contributed by atoms with E-state index in [0.717, 1.165) is 19.3 Å². The maximum absolute atomic E-state index is 12.3. The molecule has 1 aromatic rings. The zero-order chi connectivity index (χ0) is 15.6. The molecule has 0 bridgehead atoms. The molecule has 0 saturated carbocycles. The van der Waals surface area contributed by atoms with Crippen molar-refractivity contribution in [3.8, 4) is 0 Å². The van der Waals surface area contributed by atoms with Crippen molar-refractivity contribution in [3.05, 3.63) is 38.9 Å². The Balaban J connectivity index is 2.15. The number of amides is 1. The number of carbonyl (C=O) groups is 1. The van der Waals surface area contributed by atoms with Gasteiger partial charge in [0.1, 0.15) is 0 Å². The smallest absolute Gasteiger partial charge is 0.270 e. The number of nitrogens with zero attached hydrogens (tertiary/aromatic N) is 2. The normalized spacial score (nSPS) is 22.8. The first-order valence-corrected chi connectivity index (χ1v) is 7.31. The van der Waals surface area contributed by atoms with Gasteiger partial charge in [-0.15, -0.1) is 0 Å². The van der Waals surface area contributed by atoms with Crippen molar-refractivity contribution < 1.29 is 9.72 Å². The van der Waals surface area contributed by atoms with E-state index in [0.29, 0.717) is 0 Å². The molecule has 1 amide bonds. The van der Waals surface area contributed by atoms with E-state index < -0.39 is 4.92 Å². The van der Waals surface area contributed by atoms with Gasteiger partial charge in [-0.05, 0) is 32.8 Å². The van der Waals surface area contributed by atoms with Gasteiger partial charge in [-0.1, -0.05) is 18.0 Å². The molecule has 0 spiro atoms. The molecule has 0 radical (unpaired) electrons. The molecule has 1 N–H and O–H groups in total. The van der Waals surface area contributed by atoms with Crippen LogP contribution < -0.4 is 5.43 Å². The summed E-state index contributed by atoms with van der Waals surface area (Å²) in [6.07, 6.45) is 3.20. The summed E-state index contributed by atoms with van der Waals surface area (Å²) >= 11 is 5.98. The molecule has 1 heterocycles. The van der Waals surface area contributed by atoms with E-state index in [4.69, 9.17) is 11.6 Å². The number of hydrogen-bond acceptors (Lipinski definition) is 4. The third-order valence-electron chi connectivity index (χ3n) is 3.83. The summed E-state index contributed by atoms with van der Waals surface area (Å²) in [6, 6.07) is 4.38. The van der Waals surface area contributed by atoms with Crippen LogP contribution in [-0.2, 0) is 0 Å². The summed E-state index contributed by atoms with van der Waals surface area (Å²) in [5.74, 6) is -0.338. The van der Waals surface area contributed by atoms with Gasteiger partial charge in [0, 0.05) is 24.2 Å². The number of piperidine rings is 1. The highest BCUT2D eigenvalue weighted by molar-refractivity contribution is 6.34. The second-order valence-electron chi connectivity index (χ2n) is 5.40. The van der Waals surface area contributed by atoms with Crippen LogP contribution in [0, 0.1) is 10.1 Å². The molecule has 0 aromatic heterocycles. The van der Waals surface area contributed by atoms with Gasteiger partial charge in [0.25, 0.3) is 11.6 Å². The lowest BCUT2D eigenvalue weighted by Crippen LogP contribution is -2.54. The van der Waals surface area contributed by atoms with Crippen molar-refractivity contribution in [2.24, 2.45) is 0 Å². The van der Waals surface area contributed by atoms with E-state index >= 15 is 0 Å². The van der Waals surface area contributed by atoms with Crippen LogP contribution in [0.5, 0.6) is 0 Å². The predicted octanol–water partition coefficient (Wildman–Crippen LogP) is 3.16. The Bertz CT molecular complexity index is 554. The first-order chi connectivity index (χ1) is 9.90. The molecule has 7 heteroatoms. The van der Waals surface area contributed by atoms with Crippen molar-refractivity contribution >= 4 is 23.2 Å². The largest absolute Gasteiger partial charge is 0.284 e. The van der Waals surface area contributed by atoms with Crippen LogP contribution in [0.4, 0.5) is 5.69 Å². The summed E-state index contributed by atoms with van der Waals surface area (Å²) in [5, 5.41) is 12.7. The molecule has 6 nitrogen and oxygen atoms in total. The van der Waals surface area contributed by atoms with Crippen molar-refractivity contribution in [2.75, 3.05) is 0 Å². The summed E-state index contributed by atoms with van der Waals surface area (Å²) in [7, 11) is 0. The topological polar surface area (TPSA) is 75.5 Å². The molecule has 114 valence electrons. The Morgan fingerprint density at radius 3 is 2.52 bits per heavy atom. The number of nitro groups is 1. The Labute approximate surface area is 128 Å². The maximum Gasteiger partial charge on any atom is 0.270 e. The quantitative estimate of drug-likeness (QED) is 0.687. The van der Waals surface area contributed by atoms with Crippen molar-refractivity contribution in [1.29, 1.82) is 0 Å². The SMILES string of the molecule is CC1CCCC(C)N1NC(=O)c1ccc([N+](=O)[O-])cc1Cl. The average molecular weight is 312 g/mol.